The number of carbonyl (C=O) groups excluding carboxylic acids is 1. The van der Waals surface area contributed by atoms with Gasteiger partial charge >= 0.3 is 0 Å². The van der Waals surface area contributed by atoms with E-state index < -0.39 is 6.10 Å². The van der Waals surface area contributed by atoms with Gasteiger partial charge in [-0.2, -0.15) is 0 Å². The molecule has 0 unspecified atom stereocenters. The Morgan fingerprint density at radius 3 is 2.48 bits per heavy atom. The minimum absolute atomic E-state index is 0.177. The summed E-state index contributed by atoms with van der Waals surface area (Å²) in [6, 6.07) is 13.4. The SMILES string of the molecule is CCCCCCOc1ccc(NC(=O)[C@@H](C)Oc2cc(C)ccc2C)cc1. The van der Waals surface area contributed by atoms with E-state index in [2.05, 4.69) is 12.2 Å². The normalized spacial score (nSPS) is 11.7. The Morgan fingerprint density at radius 2 is 1.78 bits per heavy atom. The summed E-state index contributed by atoms with van der Waals surface area (Å²) in [6.45, 7) is 8.66. The number of ether oxygens (including phenoxy) is 2. The van der Waals surface area contributed by atoms with Gasteiger partial charge in [0.1, 0.15) is 11.5 Å². The largest absolute Gasteiger partial charge is 0.494 e. The molecule has 0 aliphatic heterocycles. The van der Waals surface area contributed by atoms with Crippen LogP contribution in [-0.4, -0.2) is 18.6 Å². The van der Waals surface area contributed by atoms with Gasteiger partial charge in [-0.3, -0.25) is 4.79 Å². The van der Waals surface area contributed by atoms with Gasteiger partial charge in [-0.15, -0.1) is 0 Å². The molecule has 0 heterocycles. The lowest BCUT2D eigenvalue weighted by Crippen LogP contribution is -2.30. The molecule has 1 N–H and O–H groups in total. The zero-order chi connectivity index (χ0) is 19.6. The minimum Gasteiger partial charge on any atom is -0.494 e. The Kier molecular flexibility index (Phi) is 8.18. The number of benzene rings is 2. The highest BCUT2D eigenvalue weighted by molar-refractivity contribution is 5.94. The maximum absolute atomic E-state index is 12.4. The van der Waals surface area contributed by atoms with E-state index in [9.17, 15) is 4.79 Å². The second kappa shape index (κ2) is 10.6. The van der Waals surface area contributed by atoms with Crippen molar-refractivity contribution in [2.45, 2.75) is 59.5 Å². The van der Waals surface area contributed by atoms with Crippen LogP contribution in [0, 0.1) is 13.8 Å². The van der Waals surface area contributed by atoms with Crippen LogP contribution in [0.5, 0.6) is 11.5 Å². The molecule has 0 aliphatic carbocycles. The number of nitrogens with one attached hydrogen (secondary N) is 1. The number of hydrogen-bond acceptors (Lipinski definition) is 3. The molecular formula is C23H31NO3. The van der Waals surface area contributed by atoms with Crippen molar-refractivity contribution < 1.29 is 14.3 Å². The average molecular weight is 370 g/mol. The second-order valence-corrected chi connectivity index (χ2v) is 6.95. The van der Waals surface area contributed by atoms with Crippen LogP contribution in [0.2, 0.25) is 0 Å². The third-order valence-corrected chi connectivity index (χ3v) is 4.41. The molecule has 0 spiro atoms. The van der Waals surface area contributed by atoms with Crippen LogP contribution < -0.4 is 14.8 Å². The van der Waals surface area contributed by atoms with Crippen LogP contribution in [0.25, 0.3) is 0 Å². The fourth-order valence-corrected chi connectivity index (χ4v) is 2.68. The Labute approximate surface area is 162 Å². The lowest BCUT2D eigenvalue weighted by atomic mass is 10.1. The van der Waals surface area contributed by atoms with Gasteiger partial charge in [0.05, 0.1) is 6.61 Å². The van der Waals surface area contributed by atoms with E-state index in [0.29, 0.717) is 0 Å². The van der Waals surface area contributed by atoms with E-state index in [4.69, 9.17) is 9.47 Å². The van der Waals surface area contributed by atoms with E-state index in [1.54, 1.807) is 6.92 Å². The van der Waals surface area contributed by atoms with Crippen molar-refractivity contribution in [2.75, 3.05) is 11.9 Å². The zero-order valence-corrected chi connectivity index (χ0v) is 16.9. The standard InChI is InChI=1S/C23H31NO3/c1-5-6-7-8-15-26-21-13-11-20(12-14-21)24-23(25)19(4)27-22-16-17(2)9-10-18(22)3/h9-14,16,19H,5-8,15H2,1-4H3,(H,24,25)/t19-/m1/s1. The van der Waals surface area contributed by atoms with Crippen LogP contribution in [-0.2, 0) is 4.79 Å². The fraction of sp³-hybridized carbons (Fsp3) is 0.435. The molecule has 1 atom stereocenters. The molecule has 1 amide bonds. The molecule has 2 aromatic carbocycles. The molecule has 0 aliphatic rings. The van der Waals surface area contributed by atoms with E-state index in [1.165, 1.54) is 19.3 Å². The van der Waals surface area contributed by atoms with Gasteiger partial charge in [0.15, 0.2) is 6.10 Å². The first-order valence-electron chi connectivity index (χ1n) is 9.77. The smallest absolute Gasteiger partial charge is 0.265 e. The van der Waals surface area contributed by atoms with Gasteiger partial charge in [0.25, 0.3) is 5.91 Å². The fourth-order valence-electron chi connectivity index (χ4n) is 2.68. The number of amides is 1. The lowest BCUT2D eigenvalue weighted by Gasteiger charge is -2.17. The quantitative estimate of drug-likeness (QED) is 0.549. The maximum atomic E-state index is 12.4. The van der Waals surface area contributed by atoms with Crippen molar-refractivity contribution in [3.8, 4) is 11.5 Å². The molecule has 0 bridgehead atoms. The first-order valence-corrected chi connectivity index (χ1v) is 9.77. The third kappa shape index (κ3) is 6.97. The van der Waals surface area contributed by atoms with Crippen molar-refractivity contribution in [3.05, 3.63) is 53.6 Å². The topological polar surface area (TPSA) is 47.6 Å². The van der Waals surface area contributed by atoms with Crippen molar-refractivity contribution in [3.63, 3.8) is 0 Å². The molecular weight excluding hydrogens is 338 g/mol. The molecule has 146 valence electrons. The summed E-state index contributed by atoms with van der Waals surface area (Å²) in [5, 5.41) is 2.89. The average Bonchev–Trinajstić information content (AvgIpc) is 2.65. The van der Waals surface area contributed by atoms with Gasteiger partial charge in [-0.1, -0.05) is 38.3 Å². The Balaban J connectivity index is 1.83. The molecule has 0 aromatic heterocycles. The molecule has 4 heteroatoms. The predicted octanol–water partition coefficient (Wildman–Crippen LogP) is 5.67. The summed E-state index contributed by atoms with van der Waals surface area (Å²) in [4.78, 5) is 12.4. The summed E-state index contributed by atoms with van der Waals surface area (Å²) < 4.78 is 11.6. The number of anilines is 1. The lowest BCUT2D eigenvalue weighted by molar-refractivity contribution is -0.122. The van der Waals surface area contributed by atoms with Crippen LogP contribution in [0.1, 0.15) is 50.7 Å². The second-order valence-electron chi connectivity index (χ2n) is 6.95. The number of hydrogen-bond donors (Lipinski definition) is 1. The van der Waals surface area contributed by atoms with Crippen molar-refractivity contribution in [2.24, 2.45) is 0 Å². The van der Waals surface area contributed by atoms with Crippen molar-refractivity contribution >= 4 is 11.6 Å². The number of rotatable bonds is 10. The number of unbranched alkanes of at least 4 members (excludes halogenated alkanes) is 3. The van der Waals surface area contributed by atoms with Gasteiger partial charge in [-0.05, 0) is 68.7 Å². The van der Waals surface area contributed by atoms with E-state index in [0.717, 1.165) is 41.3 Å². The zero-order valence-electron chi connectivity index (χ0n) is 16.9. The summed E-state index contributed by atoms with van der Waals surface area (Å²) in [5.41, 5.74) is 2.85. The molecule has 0 radical (unpaired) electrons. The number of aryl methyl sites for hydroxylation is 2. The highest BCUT2D eigenvalue weighted by Gasteiger charge is 2.16. The van der Waals surface area contributed by atoms with Crippen LogP contribution in [0.15, 0.2) is 42.5 Å². The molecule has 4 nitrogen and oxygen atoms in total. The summed E-state index contributed by atoms with van der Waals surface area (Å²) in [7, 11) is 0. The highest BCUT2D eigenvalue weighted by atomic mass is 16.5. The Morgan fingerprint density at radius 1 is 1.04 bits per heavy atom. The van der Waals surface area contributed by atoms with Gasteiger partial charge in [0, 0.05) is 5.69 Å². The molecule has 0 saturated carbocycles. The summed E-state index contributed by atoms with van der Waals surface area (Å²) in [6.07, 6.45) is 4.15. The maximum Gasteiger partial charge on any atom is 0.265 e. The van der Waals surface area contributed by atoms with Gasteiger partial charge in [-0.25, -0.2) is 0 Å². The van der Waals surface area contributed by atoms with Gasteiger partial charge < -0.3 is 14.8 Å². The summed E-state index contributed by atoms with van der Waals surface area (Å²) >= 11 is 0. The van der Waals surface area contributed by atoms with E-state index in [-0.39, 0.29) is 5.91 Å². The summed E-state index contributed by atoms with van der Waals surface area (Å²) in [5.74, 6) is 1.39. The van der Waals surface area contributed by atoms with Crippen LogP contribution >= 0.6 is 0 Å². The molecule has 2 rings (SSSR count). The van der Waals surface area contributed by atoms with Gasteiger partial charge in [0.2, 0.25) is 0 Å². The third-order valence-electron chi connectivity index (χ3n) is 4.41. The monoisotopic (exact) mass is 369 g/mol. The first-order chi connectivity index (χ1) is 13.0. The molecule has 0 fully saturated rings. The highest BCUT2D eigenvalue weighted by Crippen LogP contribution is 2.21. The van der Waals surface area contributed by atoms with E-state index >= 15 is 0 Å². The van der Waals surface area contributed by atoms with Crippen LogP contribution in [0.4, 0.5) is 5.69 Å². The Bertz CT molecular complexity index is 725. The van der Waals surface area contributed by atoms with Crippen LogP contribution in [0.3, 0.4) is 0 Å². The minimum atomic E-state index is -0.583. The van der Waals surface area contributed by atoms with Crippen molar-refractivity contribution in [1.29, 1.82) is 0 Å². The van der Waals surface area contributed by atoms with Crippen molar-refractivity contribution in [1.82, 2.24) is 0 Å². The first kappa shape index (κ1) is 20.8. The molecule has 27 heavy (non-hydrogen) atoms. The molecule has 0 saturated heterocycles. The predicted molar refractivity (Wildman–Crippen MR) is 111 cm³/mol. The number of carbonyl (C=O) groups is 1. The van der Waals surface area contributed by atoms with E-state index in [1.807, 2.05) is 56.3 Å². The molecule has 2 aromatic rings. The Hall–Kier alpha value is -2.49.